The van der Waals surface area contributed by atoms with Crippen LogP contribution in [-0.2, 0) is 16.1 Å². The lowest BCUT2D eigenvalue weighted by Gasteiger charge is -2.33. The van der Waals surface area contributed by atoms with Gasteiger partial charge in [0.2, 0.25) is 0 Å². The van der Waals surface area contributed by atoms with Crippen molar-refractivity contribution in [3.63, 3.8) is 0 Å². The highest BCUT2D eigenvalue weighted by atomic mass is 79.9. The SMILES string of the molecule is CC(C)(C)OC(=O)N1CCC(OCc2ncccc2Br)CC1. The van der Waals surface area contributed by atoms with E-state index in [-0.39, 0.29) is 12.2 Å². The van der Waals surface area contributed by atoms with E-state index in [0.717, 1.165) is 23.0 Å². The summed E-state index contributed by atoms with van der Waals surface area (Å²) < 4.78 is 12.3. The van der Waals surface area contributed by atoms with Crippen molar-refractivity contribution in [2.24, 2.45) is 0 Å². The van der Waals surface area contributed by atoms with E-state index in [0.29, 0.717) is 19.7 Å². The molecule has 122 valence electrons. The molecule has 0 radical (unpaired) electrons. The molecule has 2 rings (SSSR count). The summed E-state index contributed by atoms with van der Waals surface area (Å²) in [6, 6.07) is 3.84. The second kappa shape index (κ2) is 7.42. The quantitative estimate of drug-likeness (QED) is 0.812. The predicted octanol–water partition coefficient (Wildman–Crippen LogP) is 3.76. The number of hydrogen-bond donors (Lipinski definition) is 0. The molecule has 0 aliphatic carbocycles. The third kappa shape index (κ3) is 5.25. The topological polar surface area (TPSA) is 51.7 Å². The van der Waals surface area contributed by atoms with Crippen molar-refractivity contribution in [3.8, 4) is 0 Å². The van der Waals surface area contributed by atoms with Gasteiger partial charge in [-0.2, -0.15) is 0 Å². The van der Waals surface area contributed by atoms with E-state index in [4.69, 9.17) is 9.47 Å². The molecule has 1 aliphatic rings. The maximum atomic E-state index is 12.0. The molecule has 2 heterocycles. The molecule has 1 saturated heterocycles. The lowest BCUT2D eigenvalue weighted by molar-refractivity contribution is -0.0179. The highest BCUT2D eigenvalue weighted by Gasteiger charge is 2.27. The van der Waals surface area contributed by atoms with Crippen LogP contribution >= 0.6 is 15.9 Å². The minimum absolute atomic E-state index is 0.160. The Morgan fingerprint density at radius 1 is 1.41 bits per heavy atom. The number of pyridine rings is 1. The van der Waals surface area contributed by atoms with Gasteiger partial charge in [-0.05, 0) is 61.7 Å². The van der Waals surface area contributed by atoms with Crippen LogP contribution in [0, 0.1) is 0 Å². The van der Waals surface area contributed by atoms with E-state index in [9.17, 15) is 4.79 Å². The Hall–Kier alpha value is -1.14. The van der Waals surface area contributed by atoms with Gasteiger partial charge >= 0.3 is 6.09 Å². The van der Waals surface area contributed by atoms with E-state index in [1.54, 1.807) is 11.1 Å². The number of ether oxygens (including phenoxy) is 2. The number of halogens is 1. The van der Waals surface area contributed by atoms with Crippen LogP contribution < -0.4 is 0 Å². The van der Waals surface area contributed by atoms with Gasteiger partial charge in [-0.15, -0.1) is 0 Å². The summed E-state index contributed by atoms with van der Waals surface area (Å²) in [5.74, 6) is 0. The molecule has 6 heteroatoms. The number of likely N-dealkylation sites (tertiary alicyclic amines) is 1. The fourth-order valence-corrected chi connectivity index (χ4v) is 2.62. The highest BCUT2D eigenvalue weighted by molar-refractivity contribution is 9.10. The Bertz CT molecular complexity index is 508. The molecular weight excluding hydrogens is 348 g/mol. The molecule has 0 bridgehead atoms. The van der Waals surface area contributed by atoms with Gasteiger partial charge in [0.15, 0.2) is 0 Å². The van der Waals surface area contributed by atoms with Crippen LogP contribution in [0.25, 0.3) is 0 Å². The normalized spacial score (nSPS) is 16.6. The van der Waals surface area contributed by atoms with E-state index in [2.05, 4.69) is 20.9 Å². The first-order valence-corrected chi connectivity index (χ1v) is 8.33. The summed E-state index contributed by atoms with van der Waals surface area (Å²) in [6.45, 7) is 7.47. The van der Waals surface area contributed by atoms with Crippen molar-refractivity contribution in [1.29, 1.82) is 0 Å². The zero-order chi connectivity index (χ0) is 16.2. The first-order valence-electron chi connectivity index (χ1n) is 7.54. The molecule has 0 aromatic carbocycles. The number of carbonyl (C=O) groups excluding carboxylic acids is 1. The molecule has 1 aromatic rings. The number of aromatic nitrogens is 1. The van der Waals surface area contributed by atoms with E-state index in [1.165, 1.54) is 0 Å². The minimum Gasteiger partial charge on any atom is -0.444 e. The number of hydrogen-bond acceptors (Lipinski definition) is 4. The van der Waals surface area contributed by atoms with Crippen molar-refractivity contribution in [3.05, 3.63) is 28.5 Å². The van der Waals surface area contributed by atoms with Crippen molar-refractivity contribution >= 4 is 22.0 Å². The van der Waals surface area contributed by atoms with Crippen LogP contribution in [0.2, 0.25) is 0 Å². The molecule has 0 atom stereocenters. The summed E-state index contributed by atoms with van der Waals surface area (Å²) in [5.41, 5.74) is 0.451. The number of rotatable bonds is 3. The summed E-state index contributed by atoms with van der Waals surface area (Å²) in [4.78, 5) is 18.0. The largest absolute Gasteiger partial charge is 0.444 e. The highest BCUT2D eigenvalue weighted by Crippen LogP contribution is 2.20. The molecule has 0 N–H and O–H groups in total. The molecular formula is C16H23BrN2O3. The van der Waals surface area contributed by atoms with Gasteiger partial charge in [0.05, 0.1) is 18.4 Å². The average Bonchev–Trinajstić information content (AvgIpc) is 2.45. The van der Waals surface area contributed by atoms with E-state index in [1.807, 2.05) is 32.9 Å². The Balaban J connectivity index is 1.76. The molecule has 1 amide bonds. The van der Waals surface area contributed by atoms with Gasteiger partial charge in [-0.25, -0.2) is 4.79 Å². The lowest BCUT2D eigenvalue weighted by Crippen LogP contribution is -2.43. The fraction of sp³-hybridized carbons (Fsp3) is 0.625. The Kier molecular flexibility index (Phi) is 5.81. The number of nitrogens with zero attached hydrogens (tertiary/aromatic N) is 2. The van der Waals surface area contributed by atoms with Crippen molar-refractivity contribution in [2.75, 3.05) is 13.1 Å². The Labute approximate surface area is 140 Å². The van der Waals surface area contributed by atoms with Crippen LogP contribution in [0.5, 0.6) is 0 Å². The molecule has 0 spiro atoms. The van der Waals surface area contributed by atoms with Gasteiger partial charge < -0.3 is 14.4 Å². The van der Waals surface area contributed by atoms with E-state index >= 15 is 0 Å². The van der Waals surface area contributed by atoms with E-state index < -0.39 is 5.60 Å². The molecule has 0 saturated carbocycles. The zero-order valence-corrected chi connectivity index (χ0v) is 14.9. The molecule has 1 aromatic heterocycles. The standard InChI is InChI=1S/C16H23BrN2O3/c1-16(2,3)22-15(20)19-9-6-12(7-10-19)21-11-14-13(17)5-4-8-18-14/h4-5,8,12H,6-7,9-11H2,1-3H3. The van der Waals surface area contributed by atoms with Gasteiger partial charge in [-0.1, -0.05) is 0 Å². The van der Waals surface area contributed by atoms with Crippen LogP contribution in [0.3, 0.4) is 0 Å². The first-order chi connectivity index (χ1) is 10.3. The molecule has 1 aliphatic heterocycles. The smallest absolute Gasteiger partial charge is 0.410 e. The minimum atomic E-state index is -0.449. The Morgan fingerprint density at radius 2 is 2.09 bits per heavy atom. The van der Waals surface area contributed by atoms with Crippen LogP contribution in [-0.4, -0.2) is 40.8 Å². The summed E-state index contributed by atoms with van der Waals surface area (Å²) in [7, 11) is 0. The van der Waals surface area contributed by atoms with Crippen molar-refractivity contribution in [1.82, 2.24) is 9.88 Å². The molecule has 5 nitrogen and oxygen atoms in total. The number of carbonyl (C=O) groups is 1. The number of piperidine rings is 1. The van der Waals surface area contributed by atoms with Gasteiger partial charge in [-0.3, -0.25) is 4.98 Å². The molecule has 0 unspecified atom stereocenters. The third-order valence-electron chi connectivity index (χ3n) is 3.38. The zero-order valence-electron chi connectivity index (χ0n) is 13.3. The summed E-state index contributed by atoms with van der Waals surface area (Å²) >= 11 is 3.47. The third-order valence-corrected chi connectivity index (χ3v) is 4.11. The first kappa shape index (κ1) is 17.2. The second-order valence-electron chi connectivity index (χ2n) is 6.41. The van der Waals surface area contributed by atoms with Gasteiger partial charge in [0, 0.05) is 23.8 Å². The predicted molar refractivity (Wildman–Crippen MR) is 87.6 cm³/mol. The summed E-state index contributed by atoms with van der Waals surface area (Å²) in [6.07, 6.45) is 3.33. The number of amides is 1. The molecule has 1 fully saturated rings. The van der Waals surface area contributed by atoms with Crippen molar-refractivity contribution < 1.29 is 14.3 Å². The second-order valence-corrected chi connectivity index (χ2v) is 7.26. The average molecular weight is 371 g/mol. The van der Waals surface area contributed by atoms with Gasteiger partial charge in [0.1, 0.15) is 5.60 Å². The summed E-state index contributed by atoms with van der Waals surface area (Å²) in [5, 5.41) is 0. The van der Waals surface area contributed by atoms with Crippen LogP contribution in [0.15, 0.2) is 22.8 Å². The maximum Gasteiger partial charge on any atom is 0.410 e. The van der Waals surface area contributed by atoms with Crippen LogP contribution in [0.4, 0.5) is 4.79 Å². The van der Waals surface area contributed by atoms with Crippen molar-refractivity contribution in [2.45, 2.75) is 51.9 Å². The maximum absolute atomic E-state index is 12.0. The van der Waals surface area contributed by atoms with Gasteiger partial charge in [0.25, 0.3) is 0 Å². The Morgan fingerprint density at radius 3 is 2.68 bits per heavy atom. The lowest BCUT2D eigenvalue weighted by atomic mass is 10.1. The van der Waals surface area contributed by atoms with Crippen LogP contribution in [0.1, 0.15) is 39.3 Å². The monoisotopic (exact) mass is 370 g/mol. The fourth-order valence-electron chi connectivity index (χ4n) is 2.25. The molecule has 22 heavy (non-hydrogen) atoms.